The van der Waals surface area contributed by atoms with Gasteiger partial charge in [-0.05, 0) is 25.8 Å². The summed E-state index contributed by atoms with van der Waals surface area (Å²) in [5, 5.41) is 13.5. The maximum atomic E-state index is 15.2. The minimum atomic E-state index is -4.80. The number of aliphatic hydroxyl groups excluding tert-OH is 1. The Bertz CT molecular complexity index is 802. The SMILES string of the molecule is CCCCCCCCCCCCCCCC(=O)N[C@@H](CC(F)(F)P(=O)(OCC)OCC)[C@@H](O)c1ccccc1. The number of benzene rings is 1. The first-order valence-electron chi connectivity index (χ1n) is 15.0. The summed E-state index contributed by atoms with van der Waals surface area (Å²) in [5.74, 6) is -0.420. The van der Waals surface area contributed by atoms with E-state index in [1.54, 1.807) is 30.3 Å². The summed E-state index contributed by atoms with van der Waals surface area (Å²) in [4.78, 5) is 12.7. The molecule has 226 valence electrons. The third-order valence-electron chi connectivity index (χ3n) is 6.84. The molecular weight excluding hydrogens is 523 g/mol. The number of nitrogens with one attached hydrogen (secondary N) is 1. The second-order valence-electron chi connectivity index (χ2n) is 10.2. The normalized spacial score (nSPS) is 13.8. The molecule has 0 heterocycles. The molecule has 1 amide bonds. The zero-order valence-corrected chi connectivity index (χ0v) is 25.2. The predicted octanol–water partition coefficient (Wildman–Crippen LogP) is 8.94. The lowest BCUT2D eigenvalue weighted by Gasteiger charge is -2.31. The zero-order chi connectivity index (χ0) is 29.0. The second kappa shape index (κ2) is 20.5. The molecule has 0 aliphatic carbocycles. The average Bonchev–Trinajstić information content (AvgIpc) is 2.91. The minimum Gasteiger partial charge on any atom is -0.386 e. The lowest BCUT2D eigenvalue weighted by Crippen LogP contribution is -2.43. The molecular formula is C30H52F2NO5P. The van der Waals surface area contributed by atoms with Crippen molar-refractivity contribution in [2.45, 2.75) is 135 Å². The Morgan fingerprint density at radius 3 is 1.77 bits per heavy atom. The predicted molar refractivity (Wildman–Crippen MR) is 154 cm³/mol. The standard InChI is InChI=1S/C30H52F2NO5P/c1-4-7-8-9-10-11-12-13-14-15-16-17-21-24-28(34)33-27(29(35)26-22-19-18-20-23-26)25-30(31,32)39(36,37-5-2)38-6-3/h18-20,22-23,27,29,35H,4-17,21,24-25H2,1-3H3,(H,33,34)/t27-,29-/m0/s1. The molecule has 1 aromatic rings. The number of carbonyl (C=O) groups excluding carboxylic acids is 1. The van der Waals surface area contributed by atoms with Crippen molar-refractivity contribution in [1.82, 2.24) is 5.32 Å². The number of amides is 1. The van der Waals surface area contributed by atoms with Crippen LogP contribution in [0.25, 0.3) is 0 Å². The molecule has 0 bridgehead atoms. The van der Waals surface area contributed by atoms with Gasteiger partial charge in [0, 0.05) is 12.8 Å². The van der Waals surface area contributed by atoms with Crippen LogP contribution in [0.5, 0.6) is 0 Å². The molecule has 0 saturated carbocycles. The number of aliphatic hydroxyl groups is 1. The quantitative estimate of drug-likeness (QED) is 0.0949. The highest BCUT2D eigenvalue weighted by Crippen LogP contribution is 2.63. The first-order chi connectivity index (χ1) is 18.7. The molecule has 0 aromatic heterocycles. The van der Waals surface area contributed by atoms with Gasteiger partial charge in [0.2, 0.25) is 5.91 Å². The van der Waals surface area contributed by atoms with E-state index < -0.39 is 37.7 Å². The van der Waals surface area contributed by atoms with E-state index >= 15 is 8.78 Å². The van der Waals surface area contributed by atoms with Crippen LogP contribution in [0.3, 0.4) is 0 Å². The smallest absolute Gasteiger partial charge is 0.386 e. The number of hydrogen-bond donors (Lipinski definition) is 2. The van der Waals surface area contributed by atoms with Gasteiger partial charge in [-0.15, -0.1) is 0 Å². The highest BCUT2D eigenvalue weighted by molar-refractivity contribution is 7.55. The van der Waals surface area contributed by atoms with Gasteiger partial charge in [-0.1, -0.05) is 114 Å². The fourth-order valence-corrected chi connectivity index (χ4v) is 6.20. The molecule has 0 unspecified atom stereocenters. The average molecular weight is 576 g/mol. The van der Waals surface area contributed by atoms with Crippen molar-refractivity contribution in [2.75, 3.05) is 13.2 Å². The first kappa shape index (κ1) is 35.7. The number of carbonyl (C=O) groups is 1. The summed E-state index contributed by atoms with van der Waals surface area (Å²) >= 11 is 0. The van der Waals surface area contributed by atoms with Crippen molar-refractivity contribution in [2.24, 2.45) is 0 Å². The van der Waals surface area contributed by atoms with Gasteiger partial charge in [0.05, 0.1) is 25.4 Å². The number of halogens is 2. The van der Waals surface area contributed by atoms with Crippen molar-refractivity contribution >= 4 is 13.5 Å². The molecule has 1 rings (SSSR count). The lowest BCUT2D eigenvalue weighted by molar-refractivity contribution is -0.123. The third kappa shape index (κ3) is 14.2. The Hall–Kier alpha value is -1.34. The lowest BCUT2D eigenvalue weighted by atomic mass is 9.99. The van der Waals surface area contributed by atoms with E-state index in [9.17, 15) is 14.5 Å². The molecule has 1 aromatic carbocycles. The number of unbranched alkanes of at least 4 members (excludes halogenated alkanes) is 12. The summed E-state index contributed by atoms with van der Waals surface area (Å²) in [6.45, 7) is 4.70. The maximum absolute atomic E-state index is 15.2. The summed E-state index contributed by atoms with van der Waals surface area (Å²) < 4.78 is 53.0. The monoisotopic (exact) mass is 575 g/mol. The van der Waals surface area contributed by atoms with E-state index in [1.807, 2.05) is 0 Å². The van der Waals surface area contributed by atoms with Crippen LogP contribution in [0.15, 0.2) is 30.3 Å². The summed E-state index contributed by atoms with van der Waals surface area (Å²) in [7, 11) is -4.80. The van der Waals surface area contributed by atoms with Gasteiger partial charge in [-0.2, -0.15) is 8.78 Å². The maximum Gasteiger partial charge on any atom is 0.399 e. The van der Waals surface area contributed by atoms with E-state index in [1.165, 1.54) is 71.6 Å². The second-order valence-corrected chi connectivity index (χ2v) is 12.4. The van der Waals surface area contributed by atoms with E-state index in [4.69, 9.17) is 9.05 Å². The molecule has 9 heteroatoms. The van der Waals surface area contributed by atoms with Crippen LogP contribution in [0.4, 0.5) is 8.78 Å². The van der Waals surface area contributed by atoms with Gasteiger partial charge in [0.15, 0.2) is 0 Å². The van der Waals surface area contributed by atoms with Crippen LogP contribution in [0, 0.1) is 0 Å². The summed E-state index contributed by atoms with van der Waals surface area (Å²) in [5.41, 5.74) is -3.52. The van der Waals surface area contributed by atoms with Crippen LogP contribution >= 0.6 is 7.60 Å². The van der Waals surface area contributed by atoms with E-state index in [0.29, 0.717) is 12.0 Å². The van der Waals surface area contributed by atoms with Crippen molar-refractivity contribution in [3.8, 4) is 0 Å². The summed E-state index contributed by atoms with van der Waals surface area (Å²) in [6, 6.07) is 6.91. The van der Waals surface area contributed by atoms with Crippen molar-refractivity contribution < 1.29 is 32.3 Å². The Morgan fingerprint density at radius 1 is 0.846 bits per heavy atom. The van der Waals surface area contributed by atoms with Gasteiger partial charge in [-0.3, -0.25) is 9.36 Å². The Kier molecular flexibility index (Phi) is 18.8. The number of rotatable bonds is 24. The van der Waals surface area contributed by atoms with Gasteiger partial charge >= 0.3 is 13.3 Å². The van der Waals surface area contributed by atoms with Crippen LogP contribution < -0.4 is 5.32 Å². The Balaban J connectivity index is 2.55. The van der Waals surface area contributed by atoms with Crippen molar-refractivity contribution in [3.05, 3.63) is 35.9 Å². The van der Waals surface area contributed by atoms with Crippen LogP contribution in [-0.4, -0.2) is 35.9 Å². The molecule has 0 saturated heterocycles. The fourth-order valence-electron chi connectivity index (χ4n) is 4.65. The van der Waals surface area contributed by atoms with Crippen LogP contribution in [0.1, 0.15) is 129 Å². The zero-order valence-electron chi connectivity index (χ0n) is 24.3. The third-order valence-corrected chi connectivity index (χ3v) is 9.02. The largest absolute Gasteiger partial charge is 0.399 e. The molecule has 0 aliphatic heterocycles. The molecule has 6 nitrogen and oxygen atoms in total. The number of hydrogen-bond acceptors (Lipinski definition) is 5. The number of alkyl halides is 2. The molecule has 39 heavy (non-hydrogen) atoms. The topological polar surface area (TPSA) is 84.9 Å². The highest BCUT2D eigenvalue weighted by atomic mass is 31.2. The Labute approximate surface area is 235 Å². The molecule has 0 radical (unpaired) electrons. The van der Waals surface area contributed by atoms with E-state index in [0.717, 1.165) is 19.3 Å². The molecule has 0 fully saturated rings. The van der Waals surface area contributed by atoms with E-state index in [-0.39, 0.29) is 19.6 Å². The van der Waals surface area contributed by atoms with Gasteiger partial charge in [-0.25, -0.2) is 0 Å². The molecule has 0 spiro atoms. The Morgan fingerprint density at radius 2 is 1.31 bits per heavy atom. The van der Waals surface area contributed by atoms with Gasteiger partial charge in [0.1, 0.15) is 0 Å². The minimum absolute atomic E-state index is 0.177. The first-order valence-corrected chi connectivity index (χ1v) is 16.5. The highest BCUT2D eigenvalue weighted by Gasteiger charge is 2.55. The fraction of sp³-hybridized carbons (Fsp3) is 0.767. The van der Waals surface area contributed by atoms with Crippen LogP contribution in [-0.2, 0) is 18.4 Å². The molecule has 2 atom stereocenters. The van der Waals surface area contributed by atoms with Gasteiger partial charge < -0.3 is 19.5 Å². The molecule has 0 aliphatic rings. The van der Waals surface area contributed by atoms with E-state index in [2.05, 4.69) is 12.2 Å². The van der Waals surface area contributed by atoms with Crippen molar-refractivity contribution in [3.63, 3.8) is 0 Å². The van der Waals surface area contributed by atoms with Crippen LogP contribution in [0.2, 0.25) is 0 Å². The summed E-state index contributed by atoms with van der Waals surface area (Å²) in [6.07, 6.45) is 13.0. The van der Waals surface area contributed by atoms with Crippen molar-refractivity contribution in [1.29, 1.82) is 0 Å². The van der Waals surface area contributed by atoms with Gasteiger partial charge in [0.25, 0.3) is 0 Å². The molecule has 2 N–H and O–H groups in total.